The van der Waals surface area contributed by atoms with E-state index in [2.05, 4.69) is 16.0 Å². The van der Waals surface area contributed by atoms with Gasteiger partial charge in [-0.1, -0.05) is 12.1 Å². The standard InChI is InChI=1S/C16H17N3O.H2/c1-20-14-6-4-5-12(9-14)15-10-13(11-17)16(18-15)19-7-2-3-8-19;/h4-6,9-10,18H,2-3,7-8H2,1H3;1H. The Morgan fingerprint density at radius 2 is 2.10 bits per heavy atom. The van der Waals surface area contributed by atoms with E-state index >= 15 is 0 Å². The van der Waals surface area contributed by atoms with Crippen LogP contribution in [0, 0.1) is 11.3 Å². The lowest BCUT2D eigenvalue weighted by molar-refractivity contribution is 0.415. The molecule has 0 saturated carbocycles. The fraction of sp³-hybridized carbons (Fsp3) is 0.312. The van der Waals surface area contributed by atoms with Gasteiger partial charge in [-0.05, 0) is 31.0 Å². The maximum absolute atomic E-state index is 9.32. The molecule has 0 aliphatic carbocycles. The highest BCUT2D eigenvalue weighted by atomic mass is 16.5. The van der Waals surface area contributed by atoms with Crippen LogP contribution in [0.2, 0.25) is 0 Å². The molecular weight excluding hydrogens is 250 g/mol. The molecule has 1 saturated heterocycles. The minimum Gasteiger partial charge on any atom is -0.497 e. The summed E-state index contributed by atoms with van der Waals surface area (Å²) in [4.78, 5) is 5.64. The molecule has 1 aliphatic rings. The molecule has 3 rings (SSSR count). The number of H-pyrrole nitrogens is 1. The molecule has 1 fully saturated rings. The van der Waals surface area contributed by atoms with Gasteiger partial charge in [0.1, 0.15) is 17.6 Å². The quantitative estimate of drug-likeness (QED) is 0.929. The third-order valence-electron chi connectivity index (χ3n) is 3.72. The van der Waals surface area contributed by atoms with Crippen molar-refractivity contribution in [3.05, 3.63) is 35.9 Å². The van der Waals surface area contributed by atoms with E-state index in [9.17, 15) is 5.26 Å². The Hall–Kier alpha value is -2.41. The zero-order valence-corrected chi connectivity index (χ0v) is 11.5. The fourth-order valence-electron chi connectivity index (χ4n) is 2.67. The molecule has 2 heterocycles. The van der Waals surface area contributed by atoms with Crippen molar-refractivity contribution in [1.29, 1.82) is 5.26 Å². The van der Waals surface area contributed by atoms with E-state index in [0.717, 1.165) is 35.9 Å². The van der Waals surface area contributed by atoms with Crippen LogP contribution in [0.4, 0.5) is 5.82 Å². The van der Waals surface area contributed by atoms with Crippen LogP contribution in [-0.2, 0) is 0 Å². The van der Waals surface area contributed by atoms with Crippen LogP contribution < -0.4 is 9.64 Å². The van der Waals surface area contributed by atoms with Gasteiger partial charge in [-0.3, -0.25) is 0 Å². The maximum atomic E-state index is 9.32. The molecule has 0 unspecified atom stereocenters. The predicted octanol–water partition coefficient (Wildman–Crippen LogP) is 3.41. The summed E-state index contributed by atoms with van der Waals surface area (Å²) in [7, 11) is 1.66. The summed E-state index contributed by atoms with van der Waals surface area (Å²) < 4.78 is 5.25. The SMILES string of the molecule is COc1cccc(-c2cc(C#N)c(N3CCCC3)[nH]2)c1.[HH]. The van der Waals surface area contributed by atoms with Crippen LogP contribution in [-0.4, -0.2) is 25.2 Å². The molecular formula is C16H19N3O. The van der Waals surface area contributed by atoms with Crippen molar-refractivity contribution < 1.29 is 6.16 Å². The zero-order chi connectivity index (χ0) is 13.9. The average Bonchev–Trinajstić information content (AvgIpc) is 3.15. The number of nitriles is 1. The molecule has 4 heteroatoms. The highest BCUT2D eigenvalue weighted by Crippen LogP contribution is 2.30. The summed E-state index contributed by atoms with van der Waals surface area (Å²) in [6, 6.07) is 12.1. The normalized spacial score (nSPS) is 14.3. The van der Waals surface area contributed by atoms with Crippen molar-refractivity contribution in [1.82, 2.24) is 4.98 Å². The summed E-state index contributed by atoms with van der Waals surface area (Å²) >= 11 is 0. The summed E-state index contributed by atoms with van der Waals surface area (Å²) in [5.74, 6) is 1.76. The molecule has 2 aromatic rings. The lowest BCUT2D eigenvalue weighted by atomic mass is 10.1. The topological polar surface area (TPSA) is 52.0 Å². The molecule has 20 heavy (non-hydrogen) atoms. The van der Waals surface area contributed by atoms with Crippen LogP contribution in [0.15, 0.2) is 30.3 Å². The van der Waals surface area contributed by atoms with Gasteiger partial charge in [0.25, 0.3) is 0 Å². The van der Waals surface area contributed by atoms with E-state index in [1.165, 1.54) is 12.8 Å². The third kappa shape index (κ3) is 2.23. The van der Waals surface area contributed by atoms with Crippen molar-refractivity contribution in [3.8, 4) is 23.1 Å². The number of hydrogen-bond acceptors (Lipinski definition) is 3. The van der Waals surface area contributed by atoms with Crippen molar-refractivity contribution in [3.63, 3.8) is 0 Å². The van der Waals surface area contributed by atoms with Gasteiger partial charge in [-0.15, -0.1) is 0 Å². The molecule has 1 aromatic heterocycles. The van der Waals surface area contributed by atoms with Gasteiger partial charge in [0.05, 0.1) is 12.7 Å². The van der Waals surface area contributed by atoms with Gasteiger partial charge < -0.3 is 14.6 Å². The molecule has 104 valence electrons. The van der Waals surface area contributed by atoms with E-state index in [0.29, 0.717) is 5.56 Å². The van der Waals surface area contributed by atoms with Crippen LogP contribution in [0.5, 0.6) is 5.75 Å². The Bertz CT molecular complexity index is 654. The fourth-order valence-corrected chi connectivity index (χ4v) is 2.67. The van der Waals surface area contributed by atoms with Crippen molar-refractivity contribution >= 4 is 5.82 Å². The average molecular weight is 269 g/mol. The van der Waals surface area contributed by atoms with Gasteiger partial charge in [0.15, 0.2) is 0 Å². The molecule has 0 bridgehead atoms. The van der Waals surface area contributed by atoms with Crippen LogP contribution >= 0.6 is 0 Å². The molecule has 0 radical (unpaired) electrons. The maximum Gasteiger partial charge on any atom is 0.124 e. The second-order valence-electron chi connectivity index (χ2n) is 4.98. The van der Waals surface area contributed by atoms with E-state index in [1.54, 1.807) is 7.11 Å². The first-order valence-corrected chi connectivity index (χ1v) is 6.84. The first-order chi connectivity index (χ1) is 9.81. The van der Waals surface area contributed by atoms with Crippen molar-refractivity contribution in [2.75, 3.05) is 25.1 Å². The number of ether oxygens (including phenoxy) is 1. The van der Waals surface area contributed by atoms with E-state index in [1.807, 2.05) is 30.3 Å². The lowest BCUT2D eigenvalue weighted by Crippen LogP contribution is -2.18. The van der Waals surface area contributed by atoms with E-state index < -0.39 is 0 Å². The van der Waals surface area contributed by atoms with E-state index in [-0.39, 0.29) is 1.43 Å². The van der Waals surface area contributed by atoms with Gasteiger partial charge in [0.2, 0.25) is 0 Å². The third-order valence-corrected chi connectivity index (χ3v) is 3.72. The number of benzene rings is 1. The first kappa shape index (κ1) is 12.6. The number of anilines is 1. The Morgan fingerprint density at radius 3 is 2.80 bits per heavy atom. The Balaban J connectivity index is 0.00000161. The molecule has 1 aliphatic heterocycles. The van der Waals surface area contributed by atoms with Crippen molar-refractivity contribution in [2.24, 2.45) is 0 Å². The number of aromatic amines is 1. The van der Waals surface area contributed by atoms with Crippen LogP contribution in [0.3, 0.4) is 0 Å². The minimum atomic E-state index is 0. The number of nitrogens with one attached hydrogen (secondary N) is 1. The number of aromatic nitrogens is 1. The lowest BCUT2D eigenvalue weighted by Gasteiger charge is -2.15. The number of methoxy groups -OCH3 is 1. The second-order valence-corrected chi connectivity index (χ2v) is 4.98. The molecule has 1 N–H and O–H groups in total. The molecule has 4 nitrogen and oxygen atoms in total. The molecule has 0 atom stereocenters. The molecule has 0 spiro atoms. The number of nitrogens with zero attached hydrogens (tertiary/aromatic N) is 2. The molecule has 0 amide bonds. The van der Waals surface area contributed by atoms with Crippen LogP contribution in [0.25, 0.3) is 11.3 Å². The summed E-state index contributed by atoms with van der Waals surface area (Å²) in [6.07, 6.45) is 2.39. The zero-order valence-electron chi connectivity index (χ0n) is 11.5. The van der Waals surface area contributed by atoms with Gasteiger partial charge in [0, 0.05) is 25.8 Å². The Kier molecular flexibility index (Phi) is 3.34. The first-order valence-electron chi connectivity index (χ1n) is 6.84. The Morgan fingerprint density at radius 1 is 1.30 bits per heavy atom. The highest BCUT2D eigenvalue weighted by molar-refractivity contribution is 5.70. The minimum absolute atomic E-state index is 0. The highest BCUT2D eigenvalue weighted by Gasteiger charge is 2.19. The second kappa shape index (κ2) is 5.30. The predicted molar refractivity (Wildman–Crippen MR) is 81.1 cm³/mol. The number of rotatable bonds is 3. The summed E-state index contributed by atoms with van der Waals surface area (Å²) in [6.45, 7) is 2.04. The van der Waals surface area contributed by atoms with Gasteiger partial charge >= 0.3 is 0 Å². The summed E-state index contributed by atoms with van der Waals surface area (Å²) in [5, 5.41) is 9.32. The van der Waals surface area contributed by atoms with Crippen molar-refractivity contribution in [2.45, 2.75) is 12.8 Å². The van der Waals surface area contributed by atoms with Gasteiger partial charge in [-0.25, -0.2) is 0 Å². The number of hydrogen-bond donors (Lipinski definition) is 1. The largest absolute Gasteiger partial charge is 0.497 e. The smallest absolute Gasteiger partial charge is 0.124 e. The van der Waals surface area contributed by atoms with E-state index in [4.69, 9.17) is 4.74 Å². The monoisotopic (exact) mass is 269 g/mol. The molecule has 1 aromatic carbocycles. The summed E-state index contributed by atoms with van der Waals surface area (Å²) in [5.41, 5.74) is 2.71. The van der Waals surface area contributed by atoms with Crippen LogP contribution in [0.1, 0.15) is 19.8 Å². The Labute approximate surface area is 120 Å². The van der Waals surface area contributed by atoms with Gasteiger partial charge in [-0.2, -0.15) is 5.26 Å².